The number of hydrogen-bond acceptors (Lipinski definition) is 3. The van der Waals surface area contributed by atoms with Gasteiger partial charge in [0.2, 0.25) is 10.0 Å². The molecule has 1 heterocycles. The van der Waals surface area contributed by atoms with Gasteiger partial charge in [-0.3, -0.25) is 0 Å². The second kappa shape index (κ2) is 5.98. The van der Waals surface area contributed by atoms with E-state index in [1.165, 1.54) is 12.1 Å². The lowest BCUT2D eigenvalue weighted by Crippen LogP contribution is -2.42. The van der Waals surface area contributed by atoms with Crippen LogP contribution in [0.1, 0.15) is 5.56 Å². The zero-order valence-corrected chi connectivity index (χ0v) is 13.8. The number of rotatable bonds is 3. The van der Waals surface area contributed by atoms with E-state index in [4.69, 9.17) is 4.74 Å². The Hall–Kier alpha value is -1.44. The molecule has 0 fully saturated rings. The van der Waals surface area contributed by atoms with Crippen LogP contribution < -0.4 is 9.46 Å². The van der Waals surface area contributed by atoms with Crippen LogP contribution in [-0.2, 0) is 16.4 Å². The van der Waals surface area contributed by atoms with E-state index < -0.39 is 15.8 Å². The largest absolute Gasteiger partial charge is 0.492 e. The van der Waals surface area contributed by atoms with Gasteiger partial charge in [0.15, 0.2) is 0 Å². The van der Waals surface area contributed by atoms with Crippen molar-refractivity contribution in [3.63, 3.8) is 0 Å². The maximum atomic E-state index is 12.9. The molecule has 0 amide bonds. The number of sulfonamides is 1. The van der Waals surface area contributed by atoms with Gasteiger partial charge in [-0.25, -0.2) is 17.5 Å². The summed E-state index contributed by atoms with van der Waals surface area (Å²) < 4.78 is 46.6. The van der Waals surface area contributed by atoms with Gasteiger partial charge in [-0.15, -0.1) is 0 Å². The molecule has 22 heavy (non-hydrogen) atoms. The Bertz CT molecular complexity index is 793. The third-order valence-corrected chi connectivity index (χ3v) is 5.40. The fraction of sp³-hybridized carbons (Fsp3) is 0.200. The topological polar surface area (TPSA) is 55.4 Å². The lowest BCUT2D eigenvalue weighted by molar-refractivity contribution is 0.254. The molecule has 7 heteroatoms. The van der Waals surface area contributed by atoms with Gasteiger partial charge in [-0.2, -0.15) is 0 Å². The van der Waals surface area contributed by atoms with E-state index in [-0.39, 0.29) is 17.5 Å². The zero-order chi connectivity index (χ0) is 15.7. The molecule has 4 nitrogen and oxygen atoms in total. The first kappa shape index (κ1) is 15.5. The summed E-state index contributed by atoms with van der Waals surface area (Å²) in [4.78, 5) is 0.0361. The van der Waals surface area contributed by atoms with Crippen LogP contribution in [0, 0.1) is 5.82 Å². The molecule has 0 saturated heterocycles. The Labute approximate surface area is 136 Å². The summed E-state index contributed by atoms with van der Waals surface area (Å²) in [5.41, 5.74) is 0.937. The number of nitrogens with one attached hydrogen (secondary N) is 1. The molecule has 116 valence electrons. The van der Waals surface area contributed by atoms with Crippen LogP contribution in [0.3, 0.4) is 0 Å². The second-order valence-electron chi connectivity index (χ2n) is 5.04. The molecule has 2 aromatic rings. The van der Waals surface area contributed by atoms with E-state index in [9.17, 15) is 12.8 Å². The smallest absolute Gasteiger partial charge is 0.240 e. The fourth-order valence-electron chi connectivity index (χ4n) is 2.34. The highest BCUT2D eigenvalue weighted by Crippen LogP contribution is 2.28. The first-order valence-electron chi connectivity index (χ1n) is 6.63. The number of fused-ring (bicyclic) bond motifs is 1. The molecule has 1 aliphatic rings. The van der Waals surface area contributed by atoms with Crippen LogP contribution in [0.25, 0.3) is 0 Å². The van der Waals surface area contributed by atoms with Crippen molar-refractivity contribution in [2.24, 2.45) is 0 Å². The Morgan fingerprint density at radius 3 is 2.64 bits per heavy atom. The monoisotopic (exact) mass is 385 g/mol. The molecule has 1 atom stereocenters. The average molecular weight is 386 g/mol. The maximum absolute atomic E-state index is 12.9. The molecule has 1 N–H and O–H groups in total. The SMILES string of the molecule is O=S(=O)(NC1COc2ccc(Br)cc2C1)c1ccc(F)cc1. The molecule has 2 aromatic carbocycles. The zero-order valence-electron chi connectivity index (χ0n) is 11.4. The van der Waals surface area contributed by atoms with Crippen molar-refractivity contribution in [2.75, 3.05) is 6.61 Å². The summed E-state index contributed by atoms with van der Waals surface area (Å²) in [7, 11) is -3.70. The first-order chi connectivity index (χ1) is 10.4. The summed E-state index contributed by atoms with van der Waals surface area (Å²) in [6.45, 7) is 0.259. The predicted octanol–water partition coefficient (Wildman–Crippen LogP) is 2.87. The highest BCUT2D eigenvalue weighted by molar-refractivity contribution is 9.10. The number of ether oxygens (including phenoxy) is 1. The van der Waals surface area contributed by atoms with Gasteiger partial charge in [-0.05, 0) is 54.4 Å². The maximum Gasteiger partial charge on any atom is 0.240 e. The molecule has 1 aliphatic heterocycles. The van der Waals surface area contributed by atoms with Gasteiger partial charge in [0.05, 0.1) is 10.9 Å². The van der Waals surface area contributed by atoms with Crippen LogP contribution >= 0.6 is 15.9 Å². The summed E-state index contributed by atoms with van der Waals surface area (Å²) in [6, 6.07) is 10.0. The average Bonchev–Trinajstić information content (AvgIpc) is 2.47. The fourth-order valence-corrected chi connectivity index (χ4v) is 3.97. The Balaban J connectivity index is 1.78. The second-order valence-corrected chi connectivity index (χ2v) is 7.67. The van der Waals surface area contributed by atoms with Crippen molar-refractivity contribution < 1.29 is 17.5 Å². The van der Waals surface area contributed by atoms with Crippen LogP contribution in [-0.4, -0.2) is 21.1 Å². The van der Waals surface area contributed by atoms with Gasteiger partial charge in [0, 0.05) is 4.47 Å². The van der Waals surface area contributed by atoms with E-state index in [2.05, 4.69) is 20.7 Å². The quantitative estimate of drug-likeness (QED) is 0.883. The van der Waals surface area contributed by atoms with Gasteiger partial charge in [0.25, 0.3) is 0 Å². The van der Waals surface area contributed by atoms with Crippen LogP contribution in [0.15, 0.2) is 51.8 Å². The summed E-state index contributed by atoms with van der Waals surface area (Å²) >= 11 is 3.39. The van der Waals surface area contributed by atoms with Crippen molar-refractivity contribution in [2.45, 2.75) is 17.4 Å². The minimum Gasteiger partial charge on any atom is -0.492 e. The molecule has 1 unspecified atom stereocenters. The highest BCUT2D eigenvalue weighted by Gasteiger charge is 2.25. The lowest BCUT2D eigenvalue weighted by atomic mass is 10.0. The minimum absolute atomic E-state index is 0.0361. The molecule has 0 saturated carbocycles. The predicted molar refractivity (Wildman–Crippen MR) is 83.9 cm³/mol. The highest BCUT2D eigenvalue weighted by atomic mass is 79.9. The molecule has 0 bridgehead atoms. The Morgan fingerprint density at radius 2 is 1.91 bits per heavy atom. The Morgan fingerprint density at radius 1 is 1.18 bits per heavy atom. The Kier molecular flexibility index (Phi) is 4.20. The van der Waals surface area contributed by atoms with Crippen LogP contribution in [0.2, 0.25) is 0 Å². The van der Waals surface area contributed by atoms with E-state index in [1.54, 1.807) is 0 Å². The number of halogens is 2. The van der Waals surface area contributed by atoms with Crippen molar-refractivity contribution >= 4 is 26.0 Å². The molecule has 0 radical (unpaired) electrons. The molecule has 0 aromatic heterocycles. The van der Waals surface area contributed by atoms with Crippen LogP contribution in [0.5, 0.6) is 5.75 Å². The normalized spacial score (nSPS) is 17.6. The van der Waals surface area contributed by atoms with Gasteiger partial charge >= 0.3 is 0 Å². The summed E-state index contributed by atoms with van der Waals surface area (Å²) in [6.07, 6.45) is 0.537. The molecule has 0 spiro atoms. The van der Waals surface area contributed by atoms with Crippen molar-refractivity contribution in [3.05, 3.63) is 58.3 Å². The van der Waals surface area contributed by atoms with Gasteiger partial charge in [-0.1, -0.05) is 15.9 Å². The third kappa shape index (κ3) is 3.31. The van der Waals surface area contributed by atoms with Crippen molar-refractivity contribution in [1.29, 1.82) is 0 Å². The summed E-state index contributed by atoms with van der Waals surface area (Å²) in [5.74, 6) is 0.291. The van der Waals surface area contributed by atoms with E-state index in [0.29, 0.717) is 6.42 Å². The standard InChI is InChI=1S/C15H13BrFNO3S/c16-11-1-6-15-10(7-11)8-13(9-21-15)18-22(19,20)14-4-2-12(17)3-5-14/h1-7,13,18H,8-9H2. The van der Waals surface area contributed by atoms with Crippen molar-refractivity contribution in [1.82, 2.24) is 4.72 Å². The van der Waals surface area contributed by atoms with Gasteiger partial charge in [0.1, 0.15) is 18.2 Å². The lowest BCUT2D eigenvalue weighted by Gasteiger charge is -2.26. The van der Waals surface area contributed by atoms with E-state index in [1.807, 2.05) is 18.2 Å². The van der Waals surface area contributed by atoms with E-state index >= 15 is 0 Å². The van der Waals surface area contributed by atoms with Crippen LogP contribution in [0.4, 0.5) is 4.39 Å². The summed E-state index contributed by atoms with van der Waals surface area (Å²) in [5, 5.41) is 0. The third-order valence-electron chi connectivity index (χ3n) is 3.37. The molecular weight excluding hydrogens is 373 g/mol. The number of hydrogen-bond donors (Lipinski definition) is 1. The molecular formula is C15H13BrFNO3S. The van der Waals surface area contributed by atoms with E-state index in [0.717, 1.165) is 27.9 Å². The van der Waals surface area contributed by atoms with Crippen molar-refractivity contribution in [3.8, 4) is 5.75 Å². The molecule has 3 rings (SSSR count). The first-order valence-corrected chi connectivity index (χ1v) is 8.91. The van der Waals surface area contributed by atoms with Gasteiger partial charge < -0.3 is 4.74 Å². The number of benzene rings is 2. The molecule has 0 aliphatic carbocycles. The minimum atomic E-state index is -3.70.